The van der Waals surface area contributed by atoms with Crippen LogP contribution in [0.25, 0.3) is 5.69 Å². The van der Waals surface area contributed by atoms with Gasteiger partial charge < -0.3 is 9.30 Å². The molecule has 1 N–H and O–H groups in total. The summed E-state index contributed by atoms with van der Waals surface area (Å²) in [5.74, 6) is -0.706. The van der Waals surface area contributed by atoms with E-state index in [1.807, 2.05) is 42.7 Å². The molecule has 0 spiro atoms. The topological polar surface area (TPSA) is 72.7 Å². The van der Waals surface area contributed by atoms with Crippen LogP contribution >= 0.6 is 15.9 Å². The molecule has 0 unspecified atom stereocenters. The van der Waals surface area contributed by atoms with Crippen LogP contribution in [0.3, 0.4) is 0 Å². The number of carbonyl (C=O) groups excluding carboxylic acids is 2. The first-order chi connectivity index (χ1) is 13.9. The van der Waals surface area contributed by atoms with Crippen molar-refractivity contribution >= 4 is 34.0 Å². The second-order valence-corrected chi connectivity index (χ2v) is 7.20. The normalized spacial score (nSPS) is 10.9. The van der Waals surface area contributed by atoms with Crippen molar-refractivity contribution in [1.82, 2.24) is 9.99 Å². The highest BCUT2D eigenvalue weighted by Gasteiger charge is 2.17. The SMILES string of the molecule is COC(=O)c1ccccc1-n1c(C)cc(/C=N/NC(=O)c2ccccc2Br)c1C. The molecule has 0 aliphatic rings. The number of esters is 1. The zero-order chi connectivity index (χ0) is 21.0. The summed E-state index contributed by atoms with van der Waals surface area (Å²) in [7, 11) is 1.36. The van der Waals surface area contributed by atoms with Gasteiger partial charge in [-0.15, -0.1) is 0 Å². The molecule has 29 heavy (non-hydrogen) atoms. The second kappa shape index (κ2) is 8.87. The van der Waals surface area contributed by atoms with Crippen LogP contribution < -0.4 is 5.43 Å². The first kappa shape index (κ1) is 20.5. The number of benzene rings is 2. The van der Waals surface area contributed by atoms with Gasteiger partial charge in [-0.05, 0) is 60.1 Å². The zero-order valence-corrected chi connectivity index (χ0v) is 17.9. The van der Waals surface area contributed by atoms with Gasteiger partial charge in [0.1, 0.15) is 0 Å². The van der Waals surface area contributed by atoms with Crippen LogP contribution in [0.4, 0.5) is 0 Å². The Bertz CT molecular complexity index is 1100. The zero-order valence-electron chi connectivity index (χ0n) is 16.3. The lowest BCUT2D eigenvalue weighted by atomic mass is 10.1. The number of hydrazone groups is 1. The lowest BCUT2D eigenvalue weighted by Crippen LogP contribution is -2.18. The van der Waals surface area contributed by atoms with Gasteiger partial charge in [-0.2, -0.15) is 5.10 Å². The molecule has 0 saturated heterocycles. The Hall–Kier alpha value is -3.19. The van der Waals surface area contributed by atoms with Crippen molar-refractivity contribution in [3.8, 4) is 5.69 Å². The minimum Gasteiger partial charge on any atom is -0.465 e. The quantitative estimate of drug-likeness (QED) is 0.353. The van der Waals surface area contributed by atoms with Crippen LogP contribution in [0.15, 0.2) is 64.2 Å². The number of nitrogens with one attached hydrogen (secondary N) is 1. The summed E-state index contributed by atoms with van der Waals surface area (Å²) in [6.07, 6.45) is 1.59. The van der Waals surface area contributed by atoms with Crippen molar-refractivity contribution < 1.29 is 14.3 Å². The standard InChI is InChI=1S/C22H20BrN3O3/c1-14-12-16(13-24-25-21(27)17-8-4-6-10-19(17)23)15(2)26(14)20-11-7-5-9-18(20)22(28)29-3/h4-13H,1-3H3,(H,25,27)/b24-13+. The molecule has 0 radical (unpaired) electrons. The van der Waals surface area contributed by atoms with E-state index in [9.17, 15) is 9.59 Å². The van der Waals surface area contributed by atoms with Crippen LogP contribution in [0.2, 0.25) is 0 Å². The number of rotatable bonds is 5. The van der Waals surface area contributed by atoms with Crippen LogP contribution in [0, 0.1) is 13.8 Å². The molecule has 3 rings (SSSR count). The Labute approximate surface area is 177 Å². The maximum Gasteiger partial charge on any atom is 0.339 e. The fraction of sp³-hybridized carbons (Fsp3) is 0.136. The van der Waals surface area contributed by atoms with E-state index in [2.05, 4.69) is 26.5 Å². The predicted molar refractivity (Wildman–Crippen MR) is 116 cm³/mol. The molecule has 1 heterocycles. The van der Waals surface area contributed by atoms with Gasteiger partial charge in [-0.1, -0.05) is 24.3 Å². The van der Waals surface area contributed by atoms with Crippen molar-refractivity contribution in [2.24, 2.45) is 5.10 Å². The lowest BCUT2D eigenvalue weighted by Gasteiger charge is -2.13. The van der Waals surface area contributed by atoms with Gasteiger partial charge in [-0.3, -0.25) is 4.79 Å². The van der Waals surface area contributed by atoms with Crippen molar-refractivity contribution in [3.05, 3.63) is 87.1 Å². The van der Waals surface area contributed by atoms with Gasteiger partial charge in [0.05, 0.1) is 30.1 Å². The molecule has 0 saturated carbocycles. The first-order valence-electron chi connectivity index (χ1n) is 8.88. The largest absolute Gasteiger partial charge is 0.465 e. The fourth-order valence-corrected chi connectivity index (χ4v) is 3.57. The molecule has 0 bridgehead atoms. The molecule has 1 aromatic heterocycles. The van der Waals surface area contributed by atoms with Crippen molar-refractivity contribution in [2.75, 3.05) is 7.11 Å². The van der Waals surface area contributed by atoms with Crippen molar-refractivity contribution in [3.63, 3.8) is 0 Å². The van der Waals surface area contributed by atoms with E-state index < -0.39 is 5.97 Å². The van der Waals surface area contributed by atoms with E-state index in [4.69, 9.17) is 4.74 Å². The highest BCUT2D eigenvalue weighted by molar-refractivity contribution is 9.10. The Morgan fingerprint density at radius 3 is 2.41 bits per heavy atom. The highest BCUT2D eigenvalue weighted by atomic mass is 79.9. The molecular weight excluding hydrogens is 434 g/mol. The monoisotopic (exact) mass is 453 g/mol. The third-order valence-corrected chi connectivity index (χ3v) is 5.20. The number of aryl methyl sites for hydroxylation is 1. The molecule has 0 atom stereocenters. The lowest BCUT2D eigenvalue weighted by molar-refractivity contribution is 0.0600. The van der Waals surface area contributed by atoms with Gasteiger partial charge in [-0.25, -0.2) is 10.2 Å². The smallest absolute Gasteiger partial charge is 0.339 e. The van der Waals surface area contributed by atoms with E-state index in [1.54, 1.807) is 36.5 Å². The Balaban J connectivity index is 1.88. The number of carbonyl (C=O) groups is 2. The fourth-order valence-electron chi connectivity index (χ4n) is 3.11. The summed E-state index contributed by atoms with van der Waals surface area (Å²) in [5, 5.41) is 4.09. The summed E-state index contributed by atoms with van der Waals surface area (Å²) in [6, 6.07) is 16.3. The van der Waals surface area contributed by atoms with Gasteiger partial charge in [0.15, 0.2) is 0 Å². The van der Waals surface area contributed by atoms with Crippen LogP contribution in [-0.2, 0) is 4.74 Å². The Kier molecular flexibility index (Phi) is 6.29. The van der Waals surface area contributed by atoms with Gasteiger partial charge in [0.25, 0.3) is 5.91 Å². The van der Waals surface area contributed by atoms with Gasteiger partial charge in [0, 0.05) is 21.4 Å². The summed E-state index contributed by atoms with van der Waals surface area (Å²) >= 11 is 3.35. The maximum absolute atomic E-state index is 12.3. The number of hydrogen-bond acceptors (Lipinski definition) is 4. The first-order valence-corrected chi connectivity index (χ1v) is 9.68. The average Bonchev–Trinajstić information content (AvgIpc) is 3.00. The van der Waals surface area contributed by atoms with Gasteiger partial charge >= 0.3 is 5.97 Å². The minimum atomic E-state index is -0.399. The molecule has 6 nitrogen and oxygen atoms in total. The van der Waals surface area contributed by atoms with E-state index >= 15 is 0 Å². The number of nitrogens with zero attached hydrogens (tertiary/aromatic N) is 2. The number of aromatic nitrogens is 1. The highest BCUT2D eigenvalue weighted by Crippen LogP contribution is 2.23. The third-order valence-electron chi connectivity index (χ3n) is 4.51. The molecular formula is C22H20BrN3O3. The van der Waals surface area contributed by atoms with Gasteiger partial charge in [0.2, 0.25) is 0 Å². The number of para-hydroxylation sites is 1. The van der Waals surface area contributed by atoms with E-state index in [-0.39, 0.29) is 5.91 Å². The molecule has 148 valence electrons. The van der Waals surface area contributed by atoms with Crippen LogP contribution in [0.5, 0.6) is 0 Å². The molecule has 3 aromatic rings. The molecule has 0 fully saturated rings. The average molecular weight is 454 g/mol. The van der Waals surface area contributed by atoms with E-state index in [0.29, 0.717) is 15.6 Å². The number of halogens is 1. The molecule has 0 aliphatic heterocycles. The van der Waals surface area contributed by atoms with Crippen LogP contribution in [0.1, 0.15) is 37.7 Å². The molecule has 0 aliphatic carbocycles. The number of hydrogen-bond donors (Lipinski definition) is 1. The maximum atomic E-state index is 12.3. The van der Waals surface area contributed by atoms with Crippen molar-refractivity contribution in [2.45, 2.75) is 13.8 Å². The number of amides is 1. The molecule has 7 heteroatoms. The predicted octanol–water partition coefficient (Wildman–Crippen LogP) is 4.41. The second-order valence-electron chi connectivity index (χ2n) is 6.35. The van der Waals surface area contributed by atoms with Crippen molar-refractivity contribution in [1.29, 1.82) is 0 Å². The summed E-state index contributed by atoms with van der Waals surface area (Å²) in [5.41, 5.74) is 6.89. The van der Waals surface area contributed by atoms with E-state index in [1.165, 1.54) is 7.11 Å². The number of methoxy groups -OCH3 is 1. The number of ether oxygens (including phenoxy) is 1. The van der Waals surface area contributed by atoms with E-state index in [0.717, 1.165) is 22.6 Å². The minimum absolute atomic E-state index is 0.307. The third kappa shape index (κ3) is 4.30. The Morgan fingerprint density at radius 2 is 1.72 bits per heavy atom. The molecule has 2 aromatic carbocycles. The summed E-state index contributed by atoms with van der Waals surface area (Å²) in [6.45, 7) is 3.87. The van der Waals surface area contributed by atoms with Crippen LogP contribution in [-0.4, -0.2) is 29.8 Å². The summed E-state index contributed by atoms with van der Waals surface area (Å²) in [4.78, 5) is 24.4. The Morgan fingerprint density at radius 1 is 1.07 bits per heavy atom. The summed E-state index contributed by atoms with van der Waals surface area (Å²) < 4.78 is 7.56. The molecule has 1 amide bonds.